The van der Waals surface area contributed by atoms with E-state index in [0.29, 0.717) is 23.2 Å². The molecule has 1 aromatic heterocycles. The number of amides is 2. The number of thioether (sulfide) groups is 1. The van der Waals surface area contributed by atoms with E-state index in [1.807, 2.05) is 38.1 Å². The highest BCUT2D eigenvalue weighted by Crippen LogP contribution is 2.43. The zero-order chi connectivity index (χ0) is 19.8. The van der Waals surface area contributed by atoms with Crippen molar-refractivity contribution in [2.75, 3.05) is 12.4 Å². The average molecular weight is 400 g/mol. The minimum absolute atomic E-state index is 0.144. The summed E-state index contributed by atoms with van der Waals surface area (Å²) >= 11 is 1.60. The van der Waals surface area contributed by atoms with Crippen LogP contribution in [0.2, 0.25) is 0 Å². The quantitative estimate of drug-likeness (QED) is 0.766. The van der Waals surface area contributed by atoms with Crippen LogP contribution in [0.15, 0.2) is 34.4 Å². The summed E-state index contributed by atoms with van der Waals surface area (Å²) in [6.07, 6.45) is 0. The summed E-state index contributed by atoms with van der Waals surface area (Å²) in [4.78, 5) is 30.8. The highest BCUT2D eigenvalue weighted by molar-refractivity contribution is 8.00. The SMILES string of the molecule is CC1=C(c2nc(C)no2)N2C(=O)C(NC(=O)COc3ccc(C)cc3)C2SC1. The maximum Gasteiger partial charge on any atom is 0.274 e. The molecule has 0 saturated carbocycles. The molecular weight excluding hydrogens is 380 g/mol. The largest absolute Gasteiger partial charge is 0.484 e. The highest BCUT2D eigenvalue weighted by Gasteiger charge is 2.53. The molecule has 9 heteroatoms. The minimum atomic E-state index is -0.591. The summed E-state index contributed by atoms with van der Waals surface area (Å²) in [6, 6.07) is 6.85. The number of carbonyl (C=O) groups excluding carboxylic acids is 2. The summed E-state index contributed by atoms with van der Waals surface area (Å²) < 4.78 is 10.7. The molecule has 1 aromatic carbocycles. The highest BCUT2D eigenvalue weighted by atomic mass is 32.2. The van der Waals surface area contributed by atoms with E-state index in [1.165, 1.54) is 0 Å². The van der Waals surface area contributed by atoms with Crippen LogP contribution in [0.5, 0.6) is 5.75 Å². The first-order chi connectivity index (χ1) is 13.4. The first-order valence-electron chi connectivity index (χ1n) is 8.88. The number of ether oxygens (including phenoxy) is 1. The number of rotatable bonds is 5. The molecule has 2 aliphatic rings. The maximum atomic E-state index is 12.7. The molecule has 2 aromatic rings. The van der Waals surface area contributed by atoms with Crippen LogP contribution in [-0.4, -0.2) is 50.6 Å². The van der Waals surface area contributed by atoms with E-state index in [0.717, 1.165) is 16.9 Å². The van der Waals surface area contributed by atoms with E-state index in [-0.39, 0.29) is 23.8 Å². The van der Waals surface area contributed by atoms with E-state index >= 15 is 0 Å². The van der Waals surface area contributed by atoms with Crippen LogP contribution in [0.4, 0.5) is 0 Å². The first-order valence-corrected chi connectivity index (χ1v) is 9.93. The lowest BCUT2D eigenvalue weighted by Crippen LogP contribution is -2.69. The predicted octanol–water partition coefficient (Wildman–Crippen LogP) is 1.90. The van der Waals surface area contributed by atoms with Crippen molar-refractivity contribution in [3.8, 4) is 5.75 Å². The number of aromatic nitrogens is 2. The Labute approximate surface area is 166 Å². The molecule has 3 heterocycles. The van der Waals surface area contributed by atoms with Gasteiger partial charge in [0, 0.05) is 5.75 Å². The van der Waals surface area contributed by atoms with Gasteiger partial charge in [0.2, 0.25) is 0 Å². The summed E-state index contributed by atoms with van der Waals surface area (Å²) in [5.74, 6) is 1.66. The van der Waals surface area contributed by atoms with Gasteiger partial charge in [-0.25, -0.2) is 0 Å². The zero-order valence-electron chi connectivity index (χ0n) is 15.8. The number of nitrogens with one attached hydrogen (secondary N) is 1. The fraction of sp³-hybridized carbons (Fsp3) is 0.368. The van der Waals surface area contributed by atoms with Crippen LogP contribution in [0.3, 0.4) is 0 Å². The molecule has 0 radical (unpaired) electrons. The molecule has 0 bridgehead atoms. The van der Waals surface area contributed by atoms with Crippen molar-refractivity contribution in [3.05, 3.63) is 47.1 Å². The van der Waals surface area contributed by atoms with Gasteiger partial charge in [-0.15, -0.1) is 11.8 Å². The third-order valence-electron chi connectivity index (χ3n) is 4.60. The number of fused-ring (bicyclic) bond motifs is 1. The van der Waals surface area contributed by atoms with Gasteiger partial charge >= 0.3 is 0 Å². The van der Waals surface area contributed by atoms with Crippen LogP contribution in [0, 0.1) is 13.8 Å². The van der Waals surface area contributed by atoms with E-state index in [9.17, 15) is 9.59 Å². The van der Waals surface area contributed by atoms with E-state index in [4.69, 9.17) is 9.26 Å². The second kappa shape index (κ2) is 7.31. The van der Waals surface area contributed by atoms with Crippen LogP contribution in [0.1, 0.15) is 24.2 Å². The number of hydrogen-bond acceptors (Lipinski definition) is 7. The van der Waals surface area contributed by atoms with Gasteiger partial charge in [0.05, 0.1) is 0 Å². The zero-order valence-corrected chi connectivity index (χ0v) is 16.6. The molecule has 4 rings (SSSR count). The summed E-state index contributed by atoms with van der Waals surface area (Å²) in [5.41, 5.74) is 2.75. The van der Waals surface area contributed by atoms with Crippen molar-refractivity contribution >= 4 is 29.3 Å². The second-order valence-corrected chi connectivity index (χ2v) is 7.94. The van der Waals surface area contributed by atoms with Crippen LogP contribution < -0.4 is 10.1 Å². The third kappa shape index (κ3) is 3.37. The van der Waals surface area contributed by atoms with E-state index in [2.05, 4.69) is 15.5 Å². The van der Waals surface area contributed by atoms with Gasteiger partial charge in [0.25, 0.3) is 17.7 Å². The lowest BCUT2D eigenvalue weighted by atomic mass is 10.0. The van der Waals surface area contributed by atoms with Crippen molar-refractivity contribution in [2.24, 2.45) is 0 Å². The normalized spacial score (nSPS) is 21.2. The summed E-state index contributed by atoms with van der Waals surface area (Å²) in [6.45, 7) is 5.50. The summed E-state index contributed by atoms with van der Waals surface area (Å²) in [7, 11) is 0. The Kier molecular flexibility index (Phi) is 4.84. The molecule has 0 aliphatic carbocycles. The van der Waals surface area contributed by atoms with E-state index < -0.39 is 6.04 Å². The number of carbonyl (C=O) groups is 2. The van der Waals surface area contributed by atoms with Gasteiger partial charge in [-0.2, -0.15) is 4.98 Å². The minimum Gasteiger partial charge on any atom is -0.484 e. The number of hydrogen-bond donors (Lipinski definition) is 1. The molecular formula is C19H20N4O4S. The van der Waals surface area contributed by atoms with Crippen molar-refractivity contribution in [3.63, 3.8) is 0 Å². The first kappa shape index (κ1) is 18.5. The molecule has 2 amide bonds. The van der Waals surface area contributed by atoms with Gasteiger partial charge in [-0.3, -0.25) is 14.5 Å². The van der Waals surface area contributed by atoms with Gasteiger partial charge < -0.3 is 14.6 Å². The smallest absolute Gasteiger partial charge is 0.274 e. The fourth-order valence-electron chi connectivity index (χ4n) is 3.17. The lowest BCUT2D eigenvalue weighted by Gasteiger charge is -2.49. The van der Waals surface area contributed by atoms with Crippen LogP contribution in [0.25, 0.3) is 5.70 Å². The van der Waals surface area contributed by atoms with Gasteiger partial charge in [0.1, 0.15) is 22.9 Å². The number of benzene rings is 1. The maximum absolute atomic E-state index is 12.7. The number of aryl methyl sites for hydroxylation is 2. The van der Waals surface area contributed by atoms with E-state index in [1.54, 1.807) is 23.6 Å². The Morgan fingerprint density at radius 3 is 2.75 bits per heavy atom. The Morgan fingerprint density at radius 1 is 1.32 bits per heavy atom. The third-order valence-corrected chi connectivity index (χ3v) is 6.02. The molecule has 1 saturated heterocycles. The standard InChI is InChI=1S/C19H20N4O4S/c1-10-4-6-13(7-5-10)26-8-14(24)21-15-18(25)23-16(11(2)9-28-19(15)23)17-20-12(3)22-27-17/h4-7,15,19H,8-9H2,1-3H3,(H,21,24). The second-order valence-electron chi connectivity index (χ2n) is 6.83. The molecule has 2 aliphatic heterocycles. The number of nitrogens with zero attached hydrogens (tertiary/aromatic N) is 3. The van der Waals surface area contributed by atoms with Gasteiger partial charge in [0.15, 0.2) is 12.4 Å². The Bertz CT molecular complexity index is 953. The van der Waals surface area contributed by atoms with Crippen LogP contribution in [-0.2, 0) is 9.59 Å². The molecule has 2 atom stereocenters. The van der Waals surface area contributed by atoms with Gasteiger partial charge in [-0.05, 0) is 38.5 Å². The van der Waals surface area contributed by atoms with Crippen molar-refractivity contribution < 1.29 is 18.8 Å². The Balaban J connectivity index is 1.39. The lowest BCUT2D eigenvalue weighted by molar-refractivity contribution is -0.144. The molecule has 1 fully saturated rings. The van der Waals surface area contributed by atoms with Crippen molar-refractivity contribution in [1.29, 1.82) is 0 Å². The van der Waals surface area contributed by atoms with Crippen molar-refractivity contribution in [1.82, 2.24) is 20.4 Å². The molecule has 0 spiro atoms. The Morgan fingerprint density at radius 2 is 2.07 bits per heavy atom. The molecule has 2 unspecified atom stereocenters. The molecule has 28 heavy (non-hydrogen) atoms. The summed E-state index contributed by atoms with van der Waals surface area (Å²) in [5, 5.41) is 6.39. The predicted molar refractivity (Wildman–Crippen MR) is 103 cm³/mol. The molecule has 146 valence electrons. The molecule has 8 nitrogen and oxygen atoms in total. The fourth-order valence-corrected chi connectivity index (χ4v) is 4.46. The monoisotopic (exact) mass is 400 g/mol. The van der Waals surface area contributed by atoms with Crippen LogP contribution >= 0.6 is 11.8 Å². The Hall–Kier alpha value is -2.81. The molecule has 1 N–H and O–H groups in total. The topological polar surface area (TPSA) is 97.6 Å². The average Bonchev–Trinajstić information content (AvgIpc) is 3.11. The van der Waals surface area contributed by atoms with Crippen molar-refractivity contribution in [2.45, 2.75) is 32.2 Å². The van der Waals surface area contributed by atoms with Gasteiger partial charge in [-0.1, -0.05) is 22.9 Å². The number of β-lactam (4-membered cyclic amide) rings is 1.